The zero-order chi connectivity index (χ0) is 28.2. The molecule has 4 rings (SSSR count). The molecule has 2 atom stereocenters. The van der Waals surface area contributed by atoms with Gasteiger partial charge >= 0.3 is 12.2 Å². The molecule has 39 heavy (non-hydrogen) atoms. The number of halogens is 1. The van der Waals surface area contributed by atoms with Gasteiger partial charge in [-0.15, -0.1) is 4.99 Å². The molecule has 10 nitrogen and oxygen atoms in total. The van der Waals surface area contributed by atoms with Gasteiger partial charge in [-0.05, 0) is 51.3 Å². The number of nitrogens with one attached hydrogen (secondary N) is 2. The zero-order valence-corrected chi connectivity index (χ0v) is 23.2. The van der Waals surface area contributed by atoms with E-state index in [0.29, 0.717) is 30.9 Å². The van der Waals surface area contributed by atoms with E-state index in [9.17, 15) is 14.4 Å². The molecular formula is C28H33ClN4O6. The number of carbonyl (C=O) groups excluding carboxylic acids is 3. The second kappa shape index (κ2) is 11.6. The van der Waals surface area contributed by atoms with Gasteiger partial charge in [0.05, 0.1) is 35.3 Å². The smallest absolute Gasteiger partial charge is 0.437 e. The molecule has 11 heteroatoms. The van der Waals surface area contributed by atoms with Crippen LogP contribution in [0.5, 0.6) is 0 Å². The first-order valence-electron chi connectivity index (χ1n) is 12.7. The summed E-state index contributed by atoms with van der Waals surface area (Å²) < 4.78 is 16.2. The van der Waals surface area contributed by atoms with Crippen LogP contribution in [0.4, 0.5) is 15.3 Å². The Labute approximate surface area is 232 Å². The van der Waals surface area contributed by atoms with E-state index in [1.807, 2.05) is 30.3 Å². The second-order valence-electron chi connectivity index (χ2n) is 10.7. The molecule has 2 heterocycles. The van der Waals surface area contributed by atoms with Crippen molar-refractivity contribution >= 4 is 41.3 Å². The summed E-state index contributed by atoms with van der Waals surface area (Å²) in [4.78, 5) is 44.2. The topological polar surface area (TPSA) is 119 Å². The predicted molar refractivity (Wildman–Crippen MR) is 147 cm³/mol. The van der Waals surface area contributed by atoms with Crippen LogP contribution >= 0.6 is 11.6 Å². The third kappa shape index (κ3) is 7.07. The Morgan fingerprint density at radius 1 is 1.21 bits per heavy atom. The standard InChI is InChI=1S/C28H33ClN4O6/c1-27(2,3)39-26(36)31-24-32-28(4,15-22(34)33(24)19-13-14-37-17-19)20-11-8-12-21(23(20)29)30-25(35)38-16-18-9-6-5-7-10-18/h5-12,19H,13-17H2,1-4H3,(H,30,35)(H,31,32,36)/t19?,28-/m0/s1. The average molecular weight is 557 g/mol. The second-order valence-corrected chi connectivity index (χ2v) is 11.1. The molecule has 0 radical (unpaired) electrons. The molecule has 1 unspecified atom stereocenters. The van der Waals surface area contributed by atoms with E-state index in [-0.39, 0.29) is 36.0 Å². The maximum atomic E-state index is 13.5. The Kier molecular flexibility index (Phi) is 8.46. The fourth-order valence-electron chi connectivity index (χ4n) is 4.50. The molecule has 2 aliphatic heterocycles. The van der Waals surface area contributed by atoms with E-state index < -0.39 is 23.3 Å². The van der Waals surface area contributed by atoms with Crippen LogP contribution in [0.25, 0.3) is 0 Å². The molecule has 2 N–H and O–H groups in total. The van der Waals surface area contributed by atoms with Crippen LogP contribution in [0.1, 0.15) is 51.7 Å². The zero-order valence-electron chi connectivity index (χ0n) is 22.5. The molecular weight excluding hydrogens is 524 g/mol. The van der Waals surface area contributed by atoms with Gasteiger partial charge in [-0.2, -0.15) is 0 Å². The molecule has 208 valence electrons. The first kappa shape index (κ1) is 28.4. The van der Waals surface area contributed by atoms with Gasteiger partial charge in [0.25, 0.3) is 0 Å². The van der Waals surface area contributed by atoms with Crippen LogP contribution in [0, 0.1) is 0 Å². The monoisotopic (exact) mass is 556 g/mol. The highest BCUT2D eigenvalue weighted by molar-refractivity contribution is 6.34. The van der Waals surface area contributed by atoms with Gasteiger partial charge in [-0.1, -0.05) is 54.1 Å². The summed E-state index contributed by atoms with van der Waals surface area (Å²) in [6, 6.07) is 14.1. The number of carbonyl (C=O) groups is 3. The summed E-state index contributed by atoms with van der Waals surface area (Å²) in [7, 11) is 0. The quantitative estimate of drug-likeness (QED) is 0.519. The first-order valence-corrected chi connectivity index (χ1v) is 13.1. The summed E-state index contributed by atoms with van der Waals surface area (Å²) in [5, 5.41) is 6.16. The number of nitrogens with zero attached hydrogens (tertiary/aromatic N) is 2. The van der Waals surface area contributed by atoms with Crippen LogP contribution in [0.15, 0.2) is 53.5 Å². The number of hydrogen-bond acceptors (Lipinski definition) is 6. The van der Waals surface area contributed by atoms with Crippen LogP contribution in [0.3, 0.4) is 0 Å². The molecule has 0 bridgehead atoms. The Bertz CT molecular complexity index is 1260. The maximum Gasteiger partial charge on any atom is 0.437 e. The molecule has 0 aliphatic carbocycles. The van der Waals surface area contributed by atoms with Gasteiger partial charge in [-0.25, -0.2) is 9.59 Å². The van der Waals surface area contributed by atoms with E-state index >= 15 is 0 Å². The molecule has 2 aromatic rings. The Morgan fingerprint density at radius 3 is 2.62 bits per heavy atom. The van der Waals surface area contributed by atoms with Crippen molar-refractivity contribution in [2.24, 2.45) is 4.99 Å². The third-order valence-corrected chi connectivity index (χ3v) is 6.70. The van der Waals surface area contributed by atoms with E-state index in [1.54, 1.807) is 45.9 Å². The van der Waals surface area contributed by atoms with Crippen LogP contribution in [-0.4, -0.2) is 53.8 Å². The minimum Gasteiger partial charge on any atom is -0.444 e. The number of guanidine groups is 1. The van der Waals surface area contributed by atoms with Crippen molar-refractivity contribution in [3.8, 4) is 0 Å². The molecule has 2 aliphatic rings. The normalized spacial score (nSPS) is 22.4. The van der Waals surface area contributed by atoms with Crippen molar-refractivity contribution in [2.45, 2.75) is 64.3 Å². The number of rotatable bonds is 5. The lowest BCUT2D eigenvalue weighted by atomic mass is 9.85. The molecule has 2 saturated heterocycles. The molecule has 0 aromatic heterocycles. The number of hydrogen-bond donors (Lipinski definition) is 2. The molecule has 2 aromatic carbocycles. The average Bonchev–Trinajstić information content (AvgIpc) is 3.37. The summed E-state index contributed by atoms with van der Waals surface area (Å²) in [6.45, 7) is 7.94. The lowest BCUT2D eigenvalue weighted by Crippen LogP contribution is -2.62. The summed E-state index contributed by atoms with van der Waals surface area (Å²) in [6.07, 6.45) is -0.856. The third-order valence-electron chi connectivity index (χ3n) is 6.29. The predicted octanol–water partition coefficient (Wildman–Crippen LogP) is 5.21. The highest BCUT2D eigenvalue weighted by Gasteiger charge is 2.45. The number of benzene rings is 2. The van der Waals surface area contributed by atoms with Crippen LogP contribution < -0.4 is 10.6 Å². The van der Waals surface area contributed by atoms with Crippen LogP contribution in [0.2, 0.25) is 5.02 Å². The number of aliphatic imine (C=N–C) groups is 1. The van der Waals surface area contributed by atoms with Crippen molar-refractivity contribution in [2.75, 3.05) is 18.5 Å². The van der Waals surface area contributed by atoms with Gasteiger partial charge < -0.3 is 19.5 Å². The van der Waals surface area contributed by atoms with Crippen molar-refractivity contribution in [1.82, 2.24) is 10.2 Å². The van der Waals surface area contributed by atoms with Gasteiger partial charge in [-0.3, -0.25) is 15.0 Å². The molecule has 3 amide bonds. The highest BCUT2D eigenvalue weighted by atomic mass is 35.5. The Morgan fingerprint density at radius 2 is 1.95 bits per heavy atom. The fraction of sp³-hybridized carbons (Fsp3) is 0.429. The summed E-state index contributed by atoms with van der Waals surface area (Å²) >= 11 is 6.76. The van der Waals surface area contributed by atoms with Gasteiger partial charge in [0.15, 0.2) is 0 Å². The number of amides is 3. The lowest BCUT2D eigenvalue weighted by Gasteiger charge is -2.43. The SMILES string of the molecule is CC(C)(C)OC(=O)N=C1N[C@](C)(c2cccc(NC(=O)OCc3ccccc3)c2Cl)CC(=O)N1C1CCOC1. The molecule has 0 saturated carbocycles. The van der Waals surface area contributed by atoms with E-state index in [1.165, 1.54) is 4.90 Å². The minimum absolute atomic E-state index is 0.0263. The maximum absolute atomic E-state index is 13.5. The van der Waals surface area contributed by atoms with Gasteiger partial charge in [0, 0.05) is 6.61 Å². The van der Waals surface area contributed by atoms with E-state index in [4.69, 9.17) is 25.8 Å². The summed E-state index contributed by atoms with van der Waals surface area (Å²) in [5.74, 6) is -0.180. The van der Waals surface area contributed by atoms with E-state index in [2.05, 4.69) is 15.6 Å². The van der Waals surface area contributed by atoms with Crippen molar-refractivity contribution in [3.63, 3.8) is 0 Å². The molecule has 0 spiro atoms. The molecule has 2 fully saturated rings. The highest BCUT2D eigenvalue weighted by Crippen LogP contribution is 2.38. The minimum atomic E-state index is -1.05. The van der Waals surface area contributed by atoms with E-state index in [0.717, 1.165) is 5.56 Å². The van der Waals surface area contributed by atoms with Gasteiger partial charge in [0.2, 0.25) is 11.9 Å². The number of anilines is 1. The van der Waals surface area contributed by atoms with Crippen LogP contribution in [-0.2, 0) is 31.2 Å². The number of ether oxygens (including phenoxy) is 3. The van der Waals surface area contributed by atoms with Crippen molar-refractivity contribution in [3.05, 3.63) is 64.7 Å². The van der Waals surface area contributed by atoms with Gasteiger partial charge in [0.1, 0.15) is 12.2 Å². The van der Waals surface area contributed by atoms with Crippen molar-refractivity contribution in [1.29, 1.82) is 0 Å². The van der Waals surface area contributed by atoms with Crippen molar-refractivity contribution < 1.29 is 28.6 Å². The lowest BCUT2D eigenvalue weighted by molar-refractivity contribution is -0.132. The summed E-state index contributed by atoms with van der Waals surface area (Å²) in [5.41, 5.74) is -0.101. The largest absolute Gasteiger partial charge is 0.444 e. The Hall–Kier alpha value is -3.63. The fourth-order valence-corrected chi connectivity index (χ4v) is 4.88. The first-order chi connectivity index (χ1) is 18.4. The Balaban J connectivity index is 1.58.